The Bertz CT molecular complexity index is 516. The maximum atomic E-state index is 12.0. The highest BCUT2D eigenvalue weighted by atomic mass is 16.1. The van der Waals surface area contributed by atoms with Crippen LogP contribution in [0.15, 0.2) is 30.5 Å². The van der Waals surface area contributed by atoms with E-state index in [9.17, 15) is 4.79 Å². The van der Waals surface area contributed by atoms with Gasteiger partial charge in [0, 0.05) is 29.1 Å². The first-order valence-electron chi connectivity index (χ1n) is 6.01. The fourth-order valence-corrected chi connectivity index (χ4v) is 1.87. The number of carbonyl (C=O) groups excluding carboxylic acids is 1. The van der Waals surface area contributed by atoms with Gasteiger partial charge in [-0.25, -0.2) is 0 Å². The summed E-state index contributed by atoms with van der Waals surface area (Å²) in [7, 11) is 0. The average Bonchev–Trinajstić information content (AvgIpc) is 2.82. The number of hydrogen-bond acceptors (Lipinski definition) is 2. The van der Waals surface area contributed by atoms with E-state index in [1.165, 1.54) is 0 Å². The van der Waals surface area contributed by atoms with E-state index in [2.05, 4.69) is 11.9 Å². The topological polar surface area (TPSA) is 58.9 Å². The van der Waals surface area contributed by atoms with Crippen molar-refractivity contribution < 1.29 is 4.79 Å². The number of hydrogen-bond donors (Lipinski definition) is 2. The van der Waals surface area contributed by atoms with Gasteiger partial charge in [0.15, 0.2) is 5.78 Å². The van der Waals surface area contributed by atoms with Crippen molar-refractivity contribution >= 4 is 16.7 Å². The molecule has 0 saturated carbocycles. The summed E-state index contributed by atoms with van der Waals surface area (Å²) >= 11 is 0. The highest BCUT2D eigenvalue weighted by Gasteiger charge is 2.09. The van der Waals surface area contributed by atoms with E-state index in [4.69, 9.17) is 5.73 Å². The highest BCUT2D eigenvalue weighted by molar-refractivity contribution is 5.99. The lowest BCUT2D eigenvalue weighted by molar-refractivity contribution is 0.0975. The average molecular weight is 230 g/mol. The SMILES string of the molecule is C[C@H](CN)CCC(=O)c1ccc2[nH]ccc2c1. The molecule has 3 nitrogen and oxygen atoms in total. The van der Waals surface area contributed by atoms with Crippen LogP contribution in [0.5, 0.6) is 0 Å². The van der Waals surface area contributed by atoms with Crippen LogP contribution in [0.2, 0.25) is 0 Å². The molecule has 90 valence electrons. The normalized spacial score (nSPS) is 12.8. The van der Waals surface area contributed by atoms with Crippen molar-refractivity contribution in [2.24, 2.45) is 11.7 Å². The number of nitrogens with one attached hydrogen (secondary N) is 1. The van der Waals surface area contributed by atoms with Crippen LogP contribution in [-0.2, 0) is 0 Å². The molecule has 0 spiro atoms. The number of Topliss-reactive ketones (excluding diaryl/α,β-unsaturated/α-hetero) is 1. The van der Waals surface area contributed by atoms with Crippen molar-refractivity contribution in [2.45, 2.75) is 19.8 Å². The van der Waals surface area contributed by atoms with Crippen molar-refractivity contribution in [1.29, 1.82) is 0 Å². The molecular formula is C14H18N2O. The highest BCUT2D eigenvalue weighted by Crippen LogP contribution is 2.16. The number of carbonyl (C=O) groups is 1. The zero-order chi connectivity index (χ0) is 12.3. The molecule has 0 unspecified atom stereocenters. The smallest absolute Gasteiger partial charge is 0.162 e. The number of aromatic amines is 1. The Kier molecular flexibility index (Phi) is 3.59. The van der Waals surface area contributed by atoms with Crippen LogP contribution >= 0.6 is 0 Å². The Hall–Kier alpha value is -1.61. The lowest BCUT2D eigenvalue weighted by atomic mass is 9.99. The van der Waals surface area contributed by atoms with E-state index in [-0.39, 0.29) is 5.78 Å². The molecule has 0 amide bonds. The molecule has 2 rings (SSSR count). The van der Waals surface area contributed by atoms with Gasteiger partial charge >= 0.3 is 0 Å². The second kappa shape index (κ2) is 5.15. The molecule has 1 atom stereocenters. The molecule has 1 aromatic heterocycles. The fourth-order valence-electron chi connectivity index (χ4n) is 1.87. The Labute approximate surface area is 101 Å². The van der Waals surface area contributed by atoms with E-state index in [1.54, 1.807) is 0 Å². The van der Waals surface area contributed by atoms with Gasteiger partial charge in [-0.3, -0.25) is 4.79 Å². The second-order valence-corrected chi connectivity index (χ2v) is 4.58. The summed E-state index contributed by atoms with van der Waals surface area (Å²) in [5.74, 6) is 0.614. The number of ketones is 1. The Morgan fingerprint density at radius 3 is 3.00 bits per heavy atom. The molecule has 0 radical (unpaired) electrons. The van der Waals surface area contributed by atoms with Gasteiger partial charge in [-0.05, 0) is 43.1 Å². The molecule has 2 aromatic rings. The Balaban J connectivity index is 2.08. The van der Waals surface area contributed by atoms with E-state index >= 15 is 0 Å². The monoisotopic (exact) mass is 230 g/mol. The Morgan fingerprint density at radius 2 is 2.24 bits per heavy atom. The largest absolute Gasteiger partial charge is 0.361 e. The van der Waals surface area contributed by atoms with Gasteiger partial charge in [-0.15, -0.1) is 0 Å². The van der Waals surface area contributed by atoms with Crippen molar-refractivity contribution in [2.75, 3.05) is 6.54 Å². The van der Waals surface area contributed by atoms with Crippen LogP contribution in [0.25, 0.3) is 10.9 Å². The molecule has 0 saturated heterocycles. The predicted octanol–water partition coefficient (Wildman–Crippen LogP) is 2.73. The Morgan fingerprint density at radius 1 is 1.41 bits per heavy atom. The van der Waals surface area contributed by atoms with Crippen molar-refractivity contribution in [3.8, 4) is 0 Å². The molecule has 0 aliphatic rings. The van der Waals surface area contributed by atoms with Crippen LogP contribution in [0.4, 0.5) is 0 Å². The van der Waals surface area contributed by atoms with Crippen molar-refractivity contribution in [1.82, 2.24) is 4.98 Å². The summed E-state index contributed by atoms with van der Waals surface area (Å²) in [5, 5.41) is 1.09. The lowest BCUT2D eigenvalue weighted by Crippen LogP contribution is -2.12. The van der Waals surface area contributed by atoms with Gasteiger partial charge in [0.05, 0.1) is 0 Å². The lowest BCUT2D eigenvalue weighted by Gasteiger charge is -2.07. The van der Waals surface area contributed by atoms with Crippen molar-refractivity contribution in [3.05, 3.63) is 36.0 Å². The van der Waals surface area contributed by atoms with Gasteiger partial charge in [-0.2, -0.15) is 0 Å². The second-order valence-electron chi connectivity index (χ2n) is 4.58. The minimum absolute atomic E-state index is 0.202. The van der Waals surface area contributed by atoms with E-state index in [0.717, 1.165) is 22.9 Å². The minimum atomic E-state index is 0.202. The number of fused-ring (bicyclic) bond motifs is 1. The molecule has 1 heterocycles. The summed E-state index contributed by atoms with van der Waals surface area (Å²) in [6, 6.07) is 7.76. The third-order valence-electron chi connectivity index (χ3n) is 3.14. The van der Waals surface area contributed by atoms with Gasteiger partial charge in [-0.1, -0.05) is 6.92 Å². The van der Waals surface area contributed by atoms with E-state index in [1.807, 2.05) is 30.5 Å². The van der Waals surface area contributed by atoms with E-state index < -0.39 is 0 Å². The van der Waals surface area contributed by atoms with Gasteiger partial charge in [0.2, 0.25) is 0 Å². The quantitative estimate of drug-likeness (QED) is 0.776. The summed E-state index contributed by atoms with van der Waals surface area (Å²) in [6.07, 6.45) is 3.32. The maximum Gasteiger partial charge on any atom is 0.162 e. The third-order valence-corrected chi connectivity index (χ3v) is 3.14. The molecule has 3 heteroatoms. The van der Waals surface area contributed by atoms with Gasteiger partial charge < -0.3 is 10.7 Å². The summed E-state index contributed by atoms with van der Waals surface area (Å²) < 4.78 is 0. The number of nitrogens with two attached hydrogens (primary N) is 1. The standard InChI is InChI=1S/C14H18N2O/c1-10(9-15)2-5-14(17)12-3-4-13-11(8-12)6-7-16-13/h3-4,6-8,10,16H,2,5,9,15H2,1H3/t10-/m0/s1. The fraction of sp³-hybridized carbons (Fsp3) is 0.357. The third kappa shape index (κ3) is 2.74. The summed E-state index contributed by atoms with van der Waals surface area (Å²) in [6.45, 7) is 2.72. The summed E-state index contributed by atoms with van der Waals surface area (Å²) in [5.41, 5.74) is 7.40. The van der Waals surface area contributed by atoms with Gasteiger partial charge in [0.25, 0.3) is 0 Å². The van der Waals surface area contributed by atoms with Crippen LogP contribution in [0.3, 0.4) is 0 Å². The molecular weight excluding hydrogens is 212 g/mol. The van der Waals surface area contributed by atoms with Crippen LogP contribution in [0.1, 0.15) is 30.1 Å². The van der Waals surface area contributed by atoms with Crippen LogP contribution < -0.4 is 5.73 Å². The molecule has 0 aliphatic carbocycles. The summed E-state index contributed by atoms with van der Waals surface area (Å²) in [4.78, 5) is 15.1. The van der Waals surface area contributed by atoms with Crippen LogP contribution in [0, 0.1) is 5.92 Å². The zero-order valence-electron chi connectivity index (χ0n) is 10.1. The van der Waals surface area contributed by atoms with E-state index in [0.29, 0.717) is 18.9 Å². The zero-order valence-corrected chi connectivity index (χ0v) is 10.1. The minimum Gasteiger partial charge on any atom is -0.361 e. The first-order valence-corrected chi connectivity index (χ1v) is 6.01. The number of aromatic nitrogens is 1. The first-order chi connectivity index (χ1) is 8.20. The first kappa shape index (κ1) is 11.9. The van der Waals surface area contributed by atoms with Crippen LogP contribution in [-0.4, -0.2) is 17.3 Å². The predicted molar refractivity (Wildman–Crippen MR) is 70.1 cm³/mol. The molecule has 0 aliphatic heterocycles. The molecule has 17 heavy (non-hydrogen) atoms. The van der Waals surface area contributed by atoms with Crippen molar-refractivity contribution in [3.63, 3.8) is 0 Å². The molecule has 0 fully saturated rings. The maximum absolute atomic E-state index is 12.0. The number of rotatable bonds is 5. The molecule has 1 aromatic carbocycles. The molecule has 3 N–H and O–H groups in total. The number of benzene rings is 1. The number of H-pyrrole nitrogens is 1. The van der Waals surface area contributed by atoms with Gasteiger partial charge in [0.1, 0.15) is 0 Å². The molecule has 0 bridgehead atoms.